The molecule has 5 heteroatoms. The first kappa shape index (κ1) is 6.98. The van der Waals surface area contributed by atoms with E-state index in [1.165, 1.54) is 0 Å². The normalized spacial score (nSPS) is 32.8. The van der Waals surface area contributed by atoms with Gasteiger partial charge in [0.15, 0.2) is 0 Å². The average molecular weight is 150 g/mol. The Kier molecular flexibility index (Phi) is 1.74. The third kappa shape index (κ3) is 1.23. The first-order valence-corrected chi connectivity index (χ1v) is 4.40. The molecule has 1 rings (SSSR count). The van der Waals surface area contributed by atoms with Crippen molar-refractivity contribution >= 4 is 10.0 Å². The predicted molar refractivity (Wildman–Crippen MR) is 34.4 cm³/mol. The summed E-state index contributed by atoms with van der Waals surface area (Å²) in [6.45, 7) is 0.777. The molecule has 9 heavy (non-hydrogen) atoms. The van der Waals surface area contributed by atoms with Gasteiger partial charge in [-0.15, -0.1) is 0 Å². The van der Waals surface area contributed by atoms with Crippen LogP contribution >= 0.6 is 0 Å². The lowest BCUT2D eigenvalue weighted by Crippen LogP contribution is -2.29. The average Bonchev–Trinajstić information content (AvgIpc) is 2.08. The van der Waals surface area contributed by atoms with Gasteiger partial charge in [0.05, 0.1) is 5.25 Å². The minimum atomic E-state index is -3.01. The summed E-state index contributed by atoms with van der Waals surface area (Å²) < 4.78 is 24.0. The number of nitrogens with one attached hydrogen (secondary N) is 1. The zero-order valence-electron chi connectivity index (χ0n) is 5.00. The molecule has 0 aromatic rings. The molecule has 54 valence electrons. The molecule has 0 spiro atoms. The van der Waals surface area contributed by atoms with Crippen molar-refractivity contribution < 1.29 is 8.42 Å². The molecular formula is C4H10N2O2S. The molecule has 0 saturated carbocycles. The molecule has 0 aromatic carbocycles. The van der Waals surface area contributed by atoms with Gasteiger partial charge in [0.1, 0.15) is 0 Å². The third-order valence-electron chi connectivity index (χ3n) is 1.47. The third-order valence-corrected chi connectivity index (χ3v) is 3.38. The van der Waals surface area contributed by atoms with E-state index in [9.17, 15) is 8.42 Å². The minimum Gasteiger partial charge on any atom is -0.329 e. The van der Waals surface area contributed by atoms with Crippen molar-refractivity contribution in [3.63, 3.8) is 0 Å². The summed E-state index contributed by atoms with van der Waals surface area (Å²) in [5, 5.41) is -0.350. The highest BCUT2D eigenvalue weighted by Crippen LogP contribution is 2.08. The monoisotopic (exact) mass is 150 g/mol. The Balaban J connectivity index is 2.75. The fraction of sp³-hybridized carbons (Fsp3) is 1.00. The van der Waals surface area contributed by atoms with E-state index in [1.807, 2.05) is 0 Å². The number of rotatable bonds is 1. The summed E-state index contributed by atoms with van der Waals surface area (Å²) in [7, 11) is -3.01. The second-order valence-electron chi connectivity index (χ2n) is 2.09. The maximum absolute atomic E-state index is 10.8. The highest BCUT2D eigenvalue weighted by Gasteiger charge is 2.28. The molecule has 1 heterocycles. The standard InChI is InChI=1S/C4H10N2O2S/c5-3-4-1-2-6-9(4,7)8/h4,6H,1-3,5H2/t4-/m0/s1. The van der Waals surface area contributed by atoms with E-state index in [4.69, 9.17) is 5.73 Å². The number of hydrogen-bond donors (Lipinski definition) is 2. The van der Waals surface area contributed by atoms with Crippen LogP contribution in [0.2, 0.25) is 0 Å². The Morgan fingerprint density at radius 3 is 2.56 bits per heavy atom. The molecule has 3 N–H and O–H groups in total. The van der Waals surface area contributed by atoms with Crippen LogP contribution in [-0.4, -0.2) is 26.8 Å². The Hall–Kier alpha value is -0.130. The predicted octanol–water partition coefficient (Wildman–Crippen LogP) is -1.36. The van der Waals surface area contributed by atoms with Crippen molar-refractivity contribution in [1.82, 2.24) is 4.72 Å². The Bertz CT molecular complexity index is 187. The van der Waals surface area contributed by atoms with Gasteiger partial charge in [0, 0.05) is 13.1 Å². The summed E-state index contributed by atoms with van der Waals surface area (Å²) in [6.07, 6.45) is 0.652. The molecule has 1 atom stereocenters. The molecule has 0 aromatic heterocycles. The van der Waals surface area contributed by atoms with Gasteiger partial charge >= 0.3 is 0 Å². The fourth-order valence-corrected chi connectivity index (χ4v) is 2.20. The quantitative estimate of drug-likeness (QED) is 0.485. The smallest absolute Gasteiger partial charge is 0.215 e. The zero-order valence-corrected chi connectivity index (χ0v) is 5.82. The van der Waals surface area contributed by atoms with E-state index < -0.39 is 10.0 Å². The Morgan fingerprint density at radius 1 is 1.67 bits per heavy atom. The molecule has 1 saturated heterocycles. The lowest BCUT2D eigenvalue weighted by molar-refractivity contribution is 0.584. The van der Waals surface area contributed by atoms with Crippen molar-refractivity contribution in [2.75, 3.05) is 13.1 Å². The lowest BCUT2D eigenvalue weighted by atomic mass is 10.3. The molecule has 0 aliphatic carbocycles. The molecule has 0 amide bonds. The van der Waals surface area contributed by atoms with Crippen LogP contribution in [0.3, 0.4) is 0 Å². The Morgan fingerprint density at radius 2 is 2.33 bits per heavy atom. The largest absolute Gasteiger partial charge is 0.329 e. The van der Waals surface area contributed by atoms with Gasteiger partial charge in [-0.25, -0.2) is 13.1 Å². The van der Waals surface area contributed by atoms with Gasteiger partial charge in [-0.05, 0) is 6.42 Å². The van der Waals surface area contributed by atoms with Crippen LogP contribution in [0, 0.1) is 0 Å². The van der Waals surface area contributed by atoms with E-state index in [0.29, 0.717) is 13.0 Å². The maximum atomic E-state index is 10.8. The highest BCUT2D eigenvalue weighted by molar-refractivity contribution is 7.90. The van der Waals surface area contributed by atoms with Gasteiger partial charge in [-0.1, -0.05) is 0 Å². The van der Waals surface area contributed by atoms with E-state index in [1.54, 1.807) is 0 Å². The van der Waals surface area contributed by atoms with Gasteiger partial charge in [0.25, 0.3) is 0 Å². The summed E-state index contributed by atoms with van der Waals surface area (Å²) in [5.41, 5.74) is 5.19. The summed E-state index contributed by atoms with van der Waals surface area (Å²) in [4.78, 5) is 0. The molecule has 1 aliphatic heterocycles. The van der Waals surface area contributed by atoms with Crippen LogP contribution in [0.15, 0.2) is 0 Å². The first-order chi connectivity index (χ1) is 4.17. The van der Waals surface area contributed by atoms with E-state index >= 15 is 0 Å². The van der Waals surface area contributed by atoms with Crippen LogP contribution < -0.4 is 10.5 Å². The summed E-state index contributed by atoms with van der Waals surface area (Å²) in [6, 6.07) is 0. The van der Waals surface area contributed by atoms with Crippen LogP contribution in [0.25, 0.3) is 0 Å². The Labute approximate surface area is 54.5 Å². The lowest BCUT2D eigenvalue weighted by Gasteiger charge is -2.01. The van der Waals surface area contributed by atoms with Gasteiger partial charge in [-0.3, -0.25) is 0 Å². The number of nitrogens with two attached hydrogens (primary N) is 1. The number of sulfonamides is 1. The van der Waals surface area contributed by atoms with Gasteiger partial charge in [0.2, 0.25) is 10.0 Å². The minimum absolute atomic E-state index is 0.231. The topological polar surface area (TPSA) is 72.2 Å². The van der Waals surface area contributed by atoms with Crippen molar-refractivity contribution in [2.24, 2.45) is 5.73 Å². The van der Waals surface area contributed by atoms with E-state index in [-0.39, 0.29) is 11.8 Å². The van der Waals surface area contributed by atoms with Gasteiger partial charge in [-0.2, -0.15) is 0 Å². The van der Waals surface area contributed by atoms with Crippen LogP contribution in [0.1, 0.15) is 6.42 Å². The SMILES string of the molecule is NC[C@@H]1CCNS1(=O)=O. The summed E-state index contributed by atoms with van der Waals surface area (Å²) >= 11 is 0. The van der Waals surface area contributed by atoms with Crippen molar-refractivity contribution in [2.45, 2.75) is 11.7 Å². The van der Waals surface area contributed by atoms with Crippen LogP contribution in [0.4, 0.5) is 0 Å². The maximum Gasteiger partial charge on any atom is 0.215 e. The number of hydrogen-bond acceptors (Lipinski definition) is 3. The van der Waals surface area contributed by atoms with Crippen molar-refractivity contribution in [3.05, 3.63) is 0 Å². The van der Waals surface area contributed by atoms with E-state index in [0.717, 1.165) is 0 Å². The zero-order chi connectivity index (χ0) is 6.91. The van der Waals surface area contributed by atoms with Crippen molar-refractivity contribution in [3.8, 4) is 0 Å². The molecule has 0 radical (unpaired) electrons. The molecule has 0 unspecified atom stereocenters. The fourth-order valence-electron chi connectivity index (χ4n) is 0.880. The van der Waals surface area contributed by atoms with Gasteiger partial charge < -0.3 is 5.73 Å². The second-order valence-corrected chi connectivity index (χ2v) is 4.13. The molecule has 1 aliphatic rings. The van der Waals surface area contributed by atoms with Crippen LogP contribution in [-0.2, 0) is 10.0 Å². The molecule has 4 nitrogen and oxygen atoms in total. The summed E-state index contributed by atoms with van der Waals surface area (Å²) in [5.74, 6) is 0. The molecule has 1 fully saturated rings. The highest BCUT2D eigenvalue weighted by atomic mass is 32.2. The molecule has 0 bridgehead atoms. The second kappa shape index (κ2) is 2.24. The molecular weight excluding hydrogens is 140 g/mol. The van der Waals surface area contributed by atoms with Crippen molar-refractivity contribution in [1.29, 1.82) is 0 Å². The van der Waals surface area contributed by atoms with E-state index in [2.05, 4.69) is 4.72 Å². The van der Waals surface area contributed by atoms with Crippen LogP contribution in [0.5, 0.6) is 0 Å². The first-order valence-electron chi connectivity index (χ1n) is 2.85.